The molecule has 1 saturated carbocycles. The van der Waals surface area contributed by atoms with Gasteiger partial charge >= 0.3 is 0 Å². The lowest BCUT2D eigenvalue weighted by molar-refractivity contribution is 0.110. The van der Waals surface area contributed by atoms with Crippen LogP contribution in [0.5, 0.6) is 5.75 Å². The minimum atomic E-state index is 0.142. The fraction of sp³-hybridized carbons (Fsp3) is 0.767. The highest BCUT2D eigenvalue weighted by Gasteiger charge is 2.39. The van der Waals surface area contributed by atoms with Crippen molar-refractivity contribution in [1.29, 1.82) is 5.26 Å². The van der Waals surface area contributed by atoms with Gasteiger partial charge in [0.2, 0.25) is 0 Å². The maximum absolute atomic E-state index is 10.1. The Bertz CT molecular complexity index is 623. The van der Waals surface area contributed by atoms with E-state index in [-0.39, 0.29) is 11.3 Å². The second-order valence-corrected chi connectivity index (χ2v) is 10.2. The van der Waals surface area contributed by atoms with Gasteiger partial charge in [-0.1, -0.05) is 109 Å². The predicted molar refractivity (Wildman–Crippen MR) is 137 cm³/mol. The number of benzene rings is 1. The number of nitrogens with zero attached hydrogens (tertiary/aromatic N) is 1. The van der Waals surface area contributed by atoms with Crippen molar-refractivity contribution in [3.8, 4) is 11.8 Å². The smallest absolute Gasteiger partial charge is 0.119 e. The molecule has 1 aliphatic rings. The largest absolute Gasteiger partial charge is 0.494 e. The zero-order valence-electron chi connectivity index (χ0n) is 21.2. The maximum atomic E-state index is 10.1. The van der Waals surface area contributed by atoms with Gasteiger partial charge in [-0.05, 0) is 55.2 Å². The average molecular weight is 440 g/mol. The van der Waals surface area contributed by atoms with E-state index in [1.807, 2.05) is 0 Å². The molecule has 0 amide bonds. The van der Waals surface area contributed by atoms with E-state index in [9.17, 15) is 5.26 Å². The van der Waals surface area contributed by atoms with E-state index < -0.39 is 0 Å². The van der Waals surface area contributed by atoms with Crippen molar-refractivity contribution in [1.82, 2.24) is 0 Å². The summed E-state index contributed by atoms with van der Waals surface area (Å²) in [6.07, 6.45) is 23.0. The van der Waals surface area contributed by atoms with Gasteiger partial charge in [-0.3, -0.25) is 0 Å². The van der Waals surface area contributed by atoms with E-state index in [1.54, 1.807) is 0 Å². The molecule has 180 valence electrons. The van der Waals surface area contributed by atoms with Crippen LogP contribution < -0.4 is 4.74 Å². The molecule has 0 spiro atoms. The molecule has 0 saturated heterocycles. The molecule has 0 aliphatic heterocycles. The van der Waals surface area contributed by atoms with E-state index >= 15 is 0 Å². The Balaban J connectivity index is 1.84. The molecule has 2 rings (SSSR count). The van der Waals surface area contributed by atoms with Crippen LogP contribution in [0.1, 0.15) is 129 Å². The summed E-state index contributed by atoms with van der Waals surface area (Å²) in [4.78, 5) is 0. The Hall–Kier alpha value is -1.49. The summed E-state index contributed by atoms with van der Waals surface area (Å²) >= 11 is 0. The minimum absolute atomic E-state index is 0.142. The molecular formula is C30H49NO. The number of rotatable bonds is 17. The second-order valence-electron chi connectivity index (χ2n) is 10.2. The van der Waals surface area contributed by atoms with E-state index in [0.717, 1.165) is 25.2 Å². The van der Waals surface area contributed by atoms with Gasteiger partial charge in [0, 0.05) is 0 Å². The van der Waals surface area contributed by atoms with Crippen LogP contribution in [-0.2, 0) is 6.42 Å². The topological polar surface area (TPSA) is 33.0 Å². The molecule has 1 aromatic rings. The fourth-order valence-electron chi connectivity index (χ4n) is 5.54. The average Bonchev–Trinajstić information content (AvgIpc) is 2.83. The summed E-state index contributed by atoms with van der Waals surface area (Å²) in [5.41, 5.74) is 1.53. The summed E-state index contributed by atoms with van der Waals surface area (Å²) in [7, 11) is 0. The van der Waals surface area contributed by atoms with Crippen molar-refractivity contribution in [3.05, 3.63) is 29.8 Å². The maximum Gasteiger partial charge on any atom is 0.119 e. The van der Waals surface area contributed by atoms with Crippen LogP contribution in [-0.4, -0.2) is 6.61 Å². The van der Waals surface area contributed by atoms with Crippen LogP contribution in [0.15, 0.2) is 24.3 Å². The normalized spacial score (nSPS) is 16.4. The van der Waals surface area contributed by atoms with Crippen molar-refractivity contribution in [2.75, 3.05) is 6.61 Å². The molecule has 0 bridgehead atoms. The fourth-order valence-corrected chi connectivity index (χ4v) is 5.54. The third kappa shape index (κ3) is 9.56. The van der Waals surface area contributed by atoms with Crippen molar-refractivity contribution in [2.45, 2.75) is 129 Å². The summed E-state index contributed by atoms with van der Waals surface area (Å²) < 4.78 is 5.96. The molecule has 0 heterocycles. The highest BCUT2D eigenvalue weighted by atomic mass is 16.5. The Morgan fingerprint density at radius 1 is 0.812 bits per heavy atom. The molecule has 1 atom stereocenters. The Kier molecular flexibility index (Phi) is 13.5. The third-order valence-corrected chi connectivity index (χ3v) is 7.65. The zero-order valence-corrected chi connectivity index (χ0v) is 21.2. The van der Waals surface area contributed by atoms with E-state index in [4.69, 9.17) is 4.74 Å². The first-order chi connectivity index (χ1) is 15.7. The van der Waals surface area contributed by atoms with Crippen molar-refractivity contribution in [3.63, 3.8) is 0 Å². The summed E-state index contributed by atoms with van der Waals surface area (Å²) in [6, 6.07) is 11.4. The highest BCUT2D eigenvalue weighted by molar-refractivity contribution is 5.28. The number of nitriles is 1. The number of unbranched alkanes of at least 4 members (excludes halogenated alkanes) is 9. The van der Waals surface area contributed by atoms with Gasteiger partial charge in [-0.15, -0.1) is 0 Å². The number of hydrogen-bond acceptors (Lipinski definition) is 2. The molecule has 2 heteroatoms. The lowest BCUT2D eigenvalue weighted by Crippen LogP contribution is -2.33. The van der Waals surface area contributed by atoms with Gasteiger partial charge in [0.25, 0.3) is 0 Å². The van der Waals surface area contributed by atoms with Gasteiger partial charge in [-0.2, -0.15) is 5.26 Å². The lowest BCUT2D eigenvalue weighted by Gasteiger charge is -2.41. The van der Waals surface area contributed by atoms with Gasteiger partial charge in [0.05, 0.1) is 18.6 Å². The molecule has 1 fully saturated rings. The molecule has 2 nitrogen and oxygen atoms in total. The summed E-state index contributed by atoms with van der Waals surface area (Å²) in [6.45, 7) is 5.35. The van der Waals surface area contributed by atoms with Crippen molar-refractivity contribution < 1.29 is 4.74 Å². The standard InChI is InChI=1S/C30H49NO/c1-3-5-7-9-11-16-24-32-29-19-17-27(18-20-29)25-28(26-31)30(22-14-12-15-23-30)21-13-10-8-6-4-2/h17-20,28H,3-16,21-25H2,1-2H3. The molecule has 0 N–H and O–H groups in total. The molecule has 0 aromatic heterocycles. The summed E-state index contributed by atoms with van der Waals surface area (Å²) in [5, 5.41) is 10.1. The highest BCUT2D eigenvalue weighted by Crippen LogP contribution is 2.47. The van der Waals surface area contributed by atoms with Crippen molar-refractivity contribution >= 4 is 0 Å². The first-order valence-corrected chi connectivity index (χ1v) is 13.9. The minimum Gasteiger partial charge on any atom is -0.494 e. The van der Waals surface area contributed by atoms with Gasteiger partial charge < -0.3 is 4.74 Å². The number of ether oxygens (including phenoxy) is 1. The lowest BCUT2D eigenvalue weighted by atomic mass is 9.62. The summed E-state index contributed by atoms with van der Waals surface area (Å²) in [5.74, 6) is 1.11. The van der Waals surface area contributed by atoms with Gasteiger partial charge in [0.15, 0.2) is 0 Å². The molecule has 1 unspecified atom stereocenters. The van der Waals surface area contributed by atoms with Crippen LogP contribution in [0.25, 0.3) is 0 Å². The Labute approximate surface area is 199 Å². The molecule has 1 aromatic carbocycles. The second kappa shape index (κ2) is 16.2. The number of hydrogen-bond donors (Lipinski definition) is 0. The third-order valence-electron chi connectivity index (χ3n) is 7.65. The van der Waals surface area contributed by atoms with Crippen molar-refractivity contribution in [2.24, 2.45) is 11.3 Å². The van der Waals surface area contributed by atoms with Crippen LogP contribution >= 0.6 is 0 Å². The SMILES string of the molecule is CCCCCCCCOc1ccc(CC(C#N)C2(CCCCCCC)CCCCC2)cc1. The van der Waals surface area contributed by atoms with Gasteiger partial charge in [0.1, 0.15) is 5.75 Å². The van der Waals surface area contributed by atoms with Crippen LogP contribution in [0.2, 0.25) is 0 Å². The van der Waals surface area contributed by atoms with Crippen LogP contribution in [0.3, 0.4) is 0 Å². The molecule has 1 aliphatic carbocycles. The molecular weight excluding hydrogens is 390 g/mol. The molecule has 0 radical (unpaired) electrons. The van der Waals surface area contributed by atoms with E-state index in [2.05, 4.69) is 44.2 Å². The Morgan fingerprint density at radius 3 is 2.03 bits per heavy atom. The Morgan fingerprint density at radius 2 is 1.41 bits per heavy atom. The first-order valence-electron chi connectivity index (χ1n) is 13.9. The quantitative estimate of drug-likeness (QED) is 0.226. The van der Waals surface area contributed by atoms with E-state index in [1.165, 1.54) is 108 Å². The van der Waals surface area contributed by atoms with Crippen LogP contribution in [0.4, 0.5) is 0 Å². The zero-order chi connectivity index (χ0) is 22.9. The van der Waals surface area contributed by atoms with Crippen LogP contribution in [0, 0.1) is 22.7 Å². The predicted octanol–water partition coefficient (Wildman–Crippen LogP) is 9.42. The monoisotopic (exact) mass is 439 g/mol. The first kappa shape index (κ1) is 26.8. The molecule has 32 heavy (non-hydrogen) atoms. The van der Waals surface area contributed by atoms with Gasteiger partial charge in [-0.25, -0.2) is 0 Å². The van der Waals surface area contributed by atoms with E-state index in [0.29, 0.717) is 0 Å².